The zero-order valence-electron chi connectivity index (χ0n) is 16.6. The van der Waals surface area contributed by atoms with Gasteiger partial charge in [-0.15, -0.1) is 0 Å². The Kier molecular flexibility index (Phi) is 5.03. The molecular formula is C22H22N4O3. The molecule has 1 atom stereocenters. The van der Waals surface area contributed by atoms with Crippen molar-refractivity contribution in [2.45, 2.75) is 19.4 Å². The van der Waals surface area contributed by atoms with E-state index in [0.29, 0.717) is 5.58 Å². The molecule has 2 aromatic carbocycles. The molecule has 0 N–H and O–H groups in total. The van der Waals surface area contributed by atoms with Gasteiger partial charge in [-0.1, -0.05) is 12.1 Å². The van der Waals surface area contributed by atoms with Crippen molar-refractivity contribution in [2.24, 2.45) is 0 Å². The summed E-state index contributed by atoms with van der Waals surface area (Å²) in [6.07, 6.45) is 5.07. The maximum absolute atomic E-state index is 12.9. The molecule has 4 rings (SSSR count). The van der Waals surface area contributed by atoms with E-state index in [4.69, 9.17) is 9.15 Å². The molecule has 0 radical (unpaired) electrons. The molecule has 1 amide bonds. The number of aromatic nitrogens is 3. The summed E-state index contributed by atoms with van der Waals surface area (Å²) in [6.45, 7) is 2.01. The third-order valence-electron chi connectivity index (χ3n) is 5.24. The predicted molar refractivity (Wildman–Crippen MR) is 109 cm³/mol. The van der Waals surface area contributed by atoms with Crippen molar-refractivity contribution in [3.63, 3.8) is 0 Å². The van der Waals surface area contributed by atoms with Gasteiger partial charge in [-0.3, -0.25) is 4.79 Å². The number of nitrogens with zero attached hydrogens (tertiary/aromatic N) is 4. The first-order valence-corrected chi connectivity index (χ1v) is 9.31. The van der Waals surface area contributed by atoms with E-state index in [1.165, 1.54) is 6.33 Å². The number of likely N-dealkylation sites (N-methyl/N-ethyl adjacent to an activating group) is 1. The number of rotatable bonds is 6. The maximum Gasteiger partial charge on any atom is 0.227 e. The number of furan rings is 1. The number of carbonyl (C=O) groups is 1. The number of ether oxygens (including phenoxy) is 1. The number of carbonyl (C=O) groups excluding carboxylic acids is 1. The molecule has 7 nitrogen and oxygen atoms in total. The van der Waals surface area contributed by atoms with Crippen LogP contribution in [0, 0.1) is 0 Å². The molecule has 0 aliphatic heterocycles. The van der Waals surface area contributed by atoms with Gasteiger partial charge in [0.1, 0.15) is 24.0 Å². The van der Waals surface area contributed by atoms with Crippen LogP contribution in [0.5, 0.6) is 5.75 Å². The van der Waals surface area contributed by atoms with E-state index in [0.717, 1.165) is 28.0 Å². The van der Waals surface area contributed by atoms with Crippen LogP contribution >= 0.6 is 0 Å². The van der Waals surface area contributed by atoms with E-state index in [1.807, 2.05) is 56.4 Å². The Hall–Kier alpha value is -3.61. The molecule has 7 heteroatoms. The Morgan fingerprint density at radius 1 is 1.24 bits per heavy atom. The minimum atomic E-state index is -0.0643. The largest absolute Gasteiger partial charge is 0.497 e. The van der Waals surface area contributed by atoms with Gasteiger partial charge in [0.25, 0.3) is 0 Å². The monoisotopic (exact) mass is 390 g/mol. The summed E-state index contributed by atoms with van der Waals surface area (Å²) in [5, 5.41) is 5.05. The molecule has 0 bridgehead atoms. The molecule has 2 heterocycles. The minimum Gasteiger partial charge on any atom is -0.497 e. The summed E-state index contributed by atoms with van der Waals surface area (Å²) < 4.78 is 12.5. The lowest BCUT2D eigenvalue weighted by atomic mass is 10.1. The molecule has 0 aliphatic rings. The van der Waals surface area contributed by atoms with Crippen LogP contribution in [0.3, 0.4) is 0 Å². The lowest BCUT2D eigenvalue weighted by Gasteiger charge is -2.25. The van der Waals surface area contributed by atoms with Crippen LogP contribution in [0.4, 0.5) is 0 Å². The Morgan fingerprint density at radius 2 is 2.03 bits per heavy atom. The smallest absolute Gasteiger partial charge is 0.227 e. The number of benzene rings is 2. The van der Waals surface area contributed by atoms with Crippen LogP contribution < -0.4 is 4.74 Å². The fraction of sp³-hybridized carbons (Fsp3) is 0.227. The molecule has 2 aromatic heterocycles. The minimum absolute atomic E-state index is 0.0244. The van der Waals surface area contributed by atoms with E-state index in [-0.39, 0.29) is 18.4 Å². The number of amides is 1. The van der Waals surface area contributed by atoms with Crippen molar-refractivity contribution in [1.82, 2.24) is 19.7 Å². The summed E-state index contributed by atoms with van der Waals surface area (Å²) in [7, 11) is 3.44. The van der Waals surface area contributed by atoms with Gasteiger partial charge < -0.3 is 14.1 Å². The number of hydrogen-bond donors (Lipinski definition) is 0. The van der Waals surface area contributed by atoms with Crippen LogP contribution in [-0.2, 0) is 11.2 Å². The molecule has 0 spiro atoms. The second-order valence-corrected chi connectivity index (χ2v) is 6.91. The van der Waals surface area contributed by atoms with Crippen LogP contribution in [0.25, 0.3) is 16.7 Å². The molecule has 29 heavy (non-hydrogen) atoms. The molecule has 0 aliphatic carbocycles. The Morgan fingerprint density at radius 3 is 2.72 bits per heavy atom. The van der Waals surface area contributed by atoms with Crippen LogP contribution in [0.1, 0.15) is 24.1 Å². The molecular weight excluding hydrogens is 368 g/mol. The van der Waals surface area contributed by atoms with Crippen LogP contribution in [-0.4, -0.2) is 39.7 Å². The van der Waals surface area contributed by atoms with Gasteiger partial charge in [-0.25, -0.2) is 9.67 Å². The van der Waals surface area contributed by atoms with Crippen molar-refractivity contribution < 1.29 is 13.9 Å². The standard InChI is InChI=1S/C22H22N4O3/c1-15(16-4-6-18(7-5-16)26-14-23-13-24-26)25(2)22(27)10-17-12-29-21-11-19(28-3)8-9-20(17)21/h4-9,11-15H,10H2,1-3H3/t15-/m1/s1. The van der Waals surface area contributed by atoms with E-state index in [1.54, 1.807) is 29.3 Å². The zero-order valence-corrected chi connectivity index (χ0v) is 16.6. The molecule has 0 saturated heterocycles. The van der Waals surface area contributed by atoms with Gasteiger partial charge in [0.05, 0.1) is 31.5 Å². The highest BCUT2D eigenvalue weighted by Gasteiger charge is 2.20. The Labute approximate surface area is 168 Å². The predicted octanol–water partition coefficient (Wildman–Crippen LogP) is 3.78. The highest BCUT2D eigenvalue weighted by molar-refractivity contribution is 5.88. The van der Waals surface area contributed by atoms with Gasteiger partial charge in [-0.2, -0.15) is 5.10 Å². The van der Waals surface area contributed by atoms with Crippen LogP contribution in [0.15, 0.2) is 65.8 Å². The zero-order chi connectivity index (χ0) is 20.4. The molecule has 0 unspecified atom stereocenters. The first-order valence-electron chi connectivity index (χ1n) is 9.31. The second-order valence-electron chi connectivity index (χ2n) is 6.91. The van der Waals surface area contributed by atoms with Gasteiger partial charge in [0.2, 0.25) is 5.91 Å². The first kappa shape index (κ1) is 18.7. The summed E-state index contributed by atoms with van der Waals surface area (Å²) in [4.78, 5) is 18.6. The van der Waals surface area contributed by atoms with Crippen molar-refractivity contribution in [3.8, 4) is 11.4 Å². The topological polar surface area (TPSA) is 73.4 Å². The van der Waals surface area contributed by atoms with Gasteiger partial charge >= 0.3 is 0 Å². The normalized spacial score (nSPS) is 12.1. The molecule has 0 saturated carbocycles. The maximum atomic E-state index is 12.9. The summed E-state index contributed by atoms with van der Waals surface area (Å²) in [6, 6.07) is 13.5. The lowest BCUT2D eigenvalue weighted by Crippen LogP contribution is -2.30. The highest BCUT2D eigenvalue weighted by atomic mass is 16.5. The van der Waals surface area contributed by atoms with E-state index in [2.05, 4.69) is 10.1 Å². The number of methoxy groups -OCH3 is 1. The summed E-state index contributed by atoms with van der Waals surface area (Å²) in [5.41, 5.74) is 3.55. The quantitative estimate of drug-likeness (QED) is 0.501. The van der Waals surface area contributed by atoms with E-state index < -0.39 is 0 Å². The second kappa shape index (κ2) is 7.79. The van der Waals surface area contributed by atoms with Crippen molar-refractivity contribution in [1.29, 1.82) is 0 Å². The average Bonchev–Trinajstić information content (AvgIpc) is 3.43. The number of hydrogen-bond acceptors (Lipinski definition) is 5. The lowest BCUT2D eigenvalue weighted by molar-refractivity contribution is -0.131. The summed E-state index contributed by atoms with van der Waals surface area (Å²) >= 11 is 0. The van der Waals surface area contributed by atoms with Gasteiger partial charge in [0, 0.05) is 24.1 Å². The average molecular weight is 390 g/mol. The van der Waals surface area contributed by atoms with E-state index in [9.17, 15) is 4.79 Å². The SMILES string of the molecule is COc1ccc2c(CC(=O)N(C)[C@H](C)c3ccc(-n4cncn4)cc3)coc2c1. The third kappa shape index (κ3) is 3.71. The van der Waals surface area contributed by atoms with Gasteiger partial charge in [0.15, 0.2) is 0 Å². The molecule has 0 fully saturated rings. The fourth-order valence-electron chi connectivity index (χ4n) is 3.30. The van der Waals surface area contributed by atoms with Crippen molar-refractivity contribution >= 4 is 16.9 Å². The Balaban J connectivity index is 1.47. The van der Waals surface area contributed by atoms with Crippen molar-refractivity contribution in [2.75, 3.05) is 14.2 Å². The summed E-state index contributed by atoms with van der Waals surface area (Å²) in [5.74, 6) is 0.751. The van der Waals surface area contributed by atoms with E-state index >= 15 is 0 Å². The number of fused-ring (bicyclic) bond motifs is 1. The highest BCUT2D eigenvalue weighted by Crippen LogP contribution is 2.27. The van der Waals surface area contributed by atoms with Crippen molar-refractivity contribution in [3.05, 3.63) is 72.5 Å². The van der Waals surface area contributed by atoms with Gasteiger partial charge in [-0.05, 0) is 36.8 Å². The van der Waals surface area contributed by atoms with Crippen LogP contribution in [0.2, 0.25) is 0 Å². The Bertz CT molecular complexity index is 1120. The first-order chi connectivity index (χ1) is 14.1. The molecule has 148 valence electrons. The molecule has 4 aromatic rings. The fourth-order valence-corrected chi connectivity index (χ4v) is 3.30. The third-order valence-corrected chi connectivity index (χ3v) is 5.24.